The summed E-state index contributed by atoms with van der Waals surface area (Å²) in [5.74, 6) is -11.0. The van der Waals surface area contributed by atoms with Crippen LogP contribution >= 0.6 is 0 Å². The SMILES string of the molecule is N#CC1CC2C3C=CC(C(C(=O)O)C3C(=O)OC(=O)C3C4C=CC(C3C(=O)O)C3C(C#N)CC43)C12. The van der Waals surface area contributed by atoms with Gasteiger partial charge in [0.25, 0.3) is 0 Å². The molecule has 4 bridgehead atoms. The lowest BCUT2D eigenvalue weighted by Gasteiger charge is -2.59. The van der Waals surface area contributed by atoms with Crippen LogP contribution in [0.2, 0.25) is 0 Å². The van der Waals surface area contributed by atoms with Crippen LogP contribution in [0.5, 0.6) is 0 Å². The number of allylic oxidation sites excluding steroid dienone is 4. The third kappa shape index (κ3) is 2.78. The molecule has 180 valence electrons. The number of carboxylic acid groups (broad SMARTS) is 2. The Bertz CT molecular complexity index is 1090. The molecule has 0 amide bonds. The molecule has 14 unspecified atom stereocenters. The summed E-state index contributed by atoms with van der Waals surface area (Å²) < 4.78 is 5.31. The van der Waals surface area contributed by atoms with Crippen molar-refractivity contribution in [1.82, 2.24) is 0 Å². The highest BCUT2D eigenvalue weighted by Gasteiger charge is 2.65. The average molecular weight is 476 g/mol. The summed E-state index contributed by atoms with van der Waals surface area (Å²) >= 11 is 0. The van der Waals surface area contributed by atoms with Crippen molar-refractivity contribution in [2.45, 2.75) is 12.8 Å². The average Bonchev–Trinajstić information content (AvgIpc) is 2.77. The first-order chi connectivity index (χ1) is 16.8. The number of fused-ring (bicyclic) bond motifs is 2. The standard InChI is InChI=1S/C26H24N2O7/c27-7-9-5-15-11-1-3-13(17(9)15)19(23(29)30)21(11)25(33)35-26(34)22-12-2-4-14(20(22)24(31)32)18-10(8-28)6-16(12)18/h1-4,9-22H,5-6H2,(H,29,30)(H,31,32). The zero-order valence-corrected chi connectivity index (χ0v) is 18.6. The zero-order chi connectivity index (χ0) is 24.8. The van der Waals surface area contributed by atoms with E-state index in [0.717, 1.165) is 0 Å². The van der Waals surface area contributed by atoms with Gasteiger partial charge in [0, 0.05) is 0 Å². The molecule has 8 aliphatic carbocycles. The molecule has 0 heterocycles. The molecule has 9 nitrogen and oxygen atoms in total. The molecular weight excluding hydrogens is 452 g/mol. The van der Waals surface area contributed by atoms with Crippen LogP contribution in [0.15, 0.2) is 24.3 Å². The summed E-state index contributed by atoms with van der Waals surface area (Å²) in [7, 11) is 0. The summed E-state index contributed by atoms with van der Waals surface area (Å²) in [6.07, 6.45) is 8.38. The number of nitrogens with zero attached hydrogens (tertiary/aromatic N) is 2. The third-order valence-electron chi connectivity index (χ3n) is 10.0. The van der Waals surface area contributed by atoms with Crippen LogP contribution in [0.25, 0.3) is 0 Å². The topological polar surface area (TPSA) is 166 Å². The van der Waals surface area contributed by atoms with Crippen LogP contribution in [0, 0.1) is 106 Å². The van der Waals surface area contributed by atoms with E-state index in [9.17, 15) is 39.9 Å². The van der Waals surface area contributed by atoms with Gasteiger partial charge in [-0.25, -0.2) is 0 Å². The summed E-state index contributed by atoms with van der Waals surface area (Å²) in [4.78, 5) is 51.0. The van der Waals surface area contributed by atoms with Crippen molar-refractivity contribution < 1.29 is 34.1 Å². The minimum atomic E-state index is -1.16. The molecule has 2 N–H and O–H groups in total. The Morgan fingerprint density at radius 1 is 0.657 bits per heavy atom. The van der Waals surface area contributed by atoms with Crippen molar-refractivity contribution in [3.05, 3.63) is 24.3 Å². The Balaban J connectivity index is 1.25. The van der Waals surface area contributed by atoms with Crippen molar-refractivity contribution in [3.63, 3.8) is 0 Å². The predicted octanol–water partition coefficient (Wildman–Crippen LogP) is 1.87. The summed E-state index contributed by atoms with van der Waals surface area (Å²) in [6, 6.07) is 4.47. The van der Waals surface area contributed by atoms with Gasteiger partial charge < -0.3 is 14.9 Å². The lowest BCUT2D eigenvalue weighted by atomic mass is 9.43. The number of carbonyl (C=O) groups excluding carboxylic acids is 2. The fraction of sp³-hybridized carbons (Fsp3) is 0.615. The van der Waals surface area contributed by atoms with E-state index in [-0.39, 0.29) is 35.5 Å². The van der Waals surface area contributed by atoms with Crippen molar-refractivity contribution in [2.75, 3.05) is 0 Å². The van der Waals surface area contributed by atoms with E-state index in [1.54, 1.807) is 12.2 Å². The fourth-order valence-electron chi connectivity index (χ4n) is 8.61. The quantitative estimate of drug-likeness (QED) is 0.350. The number of hydrogen-bond acceptors (Lipinski definition) is 7. The lowest BCUT2D eigenvalue weighted by molar-refractivity contribution is -0.190. The van der Waals surface area contributed by atoms with Crippen molar-refractivity contribution in [1.29, 1.82) is 10.5 Å². The second-order valence-corrected chi connectivity index (χ2v) is 11.0. The van der Waals surface area contributed by atoms with Crippen LogP contribution in [0.4, 0.5) is 0 Å². The van der Waals surface area contributed by atoms with Crippen LogP contribution < -0.4 is 0 Å². The maximum atomic E-state index is 13.3. The van der Waals surface area contributed by atoms with Crippen molar-refractivity contribution in [3.8, 4) is 12.1 Å². The van der Waals surface area contributed by atoms with Gasteiger partial charge in [-0.05, 0) is 60.2 Å². The maximum absolute atomic E-state index is 13.3. The molecule has 0 aliphatic heterocycles. The Kier molecular flexibility index (Phi) is 4.73. The predicted molar refractivity (Wildman–Crippen MR) is 114 cm³/mol. The van der Waals surface area contributed by atoms with E-state index in [1.165, 1.54) is 0 Å². The highest BCUT2D eigenvalue weighted by Crippen LogP contribution is 2.63. The second kappa shape index (κ2) is 7.52. The van der Waals surface area contributed by atoms with Crippen LogP contribution in [0.1, 0.15) is 12.8 Å². The number of nitriles is 2. The van der Waals surface area contributed by atoms with Gasteiger partial charge in [-0.2, -0.15) is 10.5 Å². The molecule has 14 atom stereocenters. The van der Waals surface area contributed by atoms with Crippen molar-refractivity contribution in [2.24, 2.45) is 82.9 Å². The molecule has 4 saturated carbocycles. The number of hydrogen-bond donors (Lipinski definition) is 2. The highest BCUT2D eigenvalue weighted by atomic mass is 16.6. The maximum Gasteiger partial charge on any atom is 0.318 e. The first-order valence-electron chi connectivity index (χ1n) is 12.2. The molecule has 0 saturated heterocycles. The van der Waals surface area contributed by atoms with E-state index in [0.29, 0.717) is 12.8 Å². The number of carbonyl (C=O) groups is 4. The van der Waals surface area contributed by atoms with Gasteiger partial charge in [0.1, 0.15) is 0 Å². The van der Waals surface area contributed by atoms with Gasteiger partial charge in [0.15, 0.2) is 0 Å². The number of carboxylic acids is 2. The largest absolute Gasteiger partial charge is 0.481 e. The fourth-order valence-corrected chi connectivity index (χ4v) is 8.61. The van der Waals surface area contributed by atoms with Gasteiger partial charge in [0.05, 0.1) is 47.6 Å². The van der Waals surface area contributed by atoms with E-state index >= 15 is 0 Å². The molecule has 0 radical (unpaired) electrons. The normalized spacial score (nSPS) is 49.3. The molecule has 0 spiro atoms. The molecule has 0 aromatic carbocycles. The number of ether oxygens (including phenoxy) is 1. The first-order valence-corrected chi connectivity index (χ1v) is 12.2. The molecule has 35 heavy (non-hydrogen) atoms. The van der Waals surface area contributed by atoms with Crippen LogP contribution in [-0.4, -0.2) is 34.1 Å². The van der Waals surface area contributed by atoms with Gasteiger partial charge in [-0.1, -0.05) is 24.3 Å². The Labute approximate surface area is 201 Å². The Morgan fingerprint density at radius 3 is 1.37 bits per heavy atom. The highest BCUT2D eigenvalue weighted by molar-refractivity contribution is 5.93. The summed E-state index contributed by atoms with van der Waals surface area (Å²) in [6.45, 7) is 0. The summed E-state index contributed by atoms with van der Waals surface area (Å²) in [5.41, 5.74) is 0. The molecule has 8 rings (SSSR count). The number of aliphatic carboxylic acids is 2. The first kappa shape index (κ1) is 22.0. The molecule has 0 aromatic rings. The van der Waals surface area contributed by atoms with E-state index in [2.05, 4.69) is 12.1 Å². The third-order valence-corrected chi connectivity index (χ3v) is 10.0. The molecule has 0 aromatic heterocycles. The molecule has 4 fully saturated rings. The van der Waals surface area contributed by atoms with Gasteiger partial charge in [0.2, 0.25) is 0 Å². The lowest BCUT2D eigenvalue weighted by Crippen LogP contribution is -2.61. The van der Waals surface area contributed by atoms with Gasteiger partial charge in [-0.3, -0.25) is 19.2 Å². The number of esters is 2. The number of rotatable bonds is 4. The minimum Gasteiger partial charge on any atom is -0.481 e. The van der Waals surface area contributed by atoms with Crippen LogP contribution in [0.3, 0.4) is 0 Å². The van der Waals surface area contributed by atoms with Gasteiger partial charge >= 0.3 is 23.9 Å². The molecule has 9 heteroatoms. The minimum absolute atomic E-state index is 0.00283. The second-order valence-electron chi connectivity index (χ2n) is 11.0. The molecule has 8 aliphatic rings. The van der Waals surface area contributed by atoms with Gasteiger partial charge in [-0.15, -0.1) is 0 Å². The molecular formula is C26H24N2O7. The van der Waals surface area contributed by atoms with E-state index in [1.807, 2.05) is 12.2 Å². The Hall–Kier alpha value is -3.46. The van der Waals surface area contributed by atoms with E-state index in [4.69, 9.17) is 4.74 Å². The van der Waals surface area contributed by atoms with Crippen molar-refractivity contribution >= 4 is 23.9 Å². The monoisotopic (exact) mass is 476 g/mol. The zero-order valence-electron chi connectivity index (χ0n) is 18.6. The van der Waals surface area contributed by atoms with E-state index < -0.39 is 71.2 Å². The van der Waals surface area contributed by atoms with Crippen LogP contribution in [-0.2, 0) is 23.9 Å². The Morgan fingerprint density at radius 2 is 1.03 bits per heavy atom. The smallest absolute Gasteiger partial charge is 0.318 e. The summed E-state index contributed by atoms with van der Waals surface area (Å²) in [5, 5.41) is 38.7.